The summed E-state index contributed by atoms with van der Waals surface area (Å²) in [5, 5.41) is 4.44. The van der Waals surface area contributed by atoms with Crippen LogP contribution in [0.3, 0.4) is 0 Å². The van der Waals surface area contributed by atoms with E-state index < -0.39 is 0 Å². The Kier molecular flexibility index (Phi) is 4.88. The fourth-order valence-corrected chi connectivity index (χ4v) is 3.69. The van der Waals surface area contributed by atoms with Gasteiger partial charge in [0, 0.05) is 32.3 Å². The third-order valence-corrected chi connectivity index (χ3v) is 5.20. The number of rotatable bonds is 4. The largest absolute Gasteiger partial charge is 0.463 e. The molecule has 0 radical (unpaired) electrons. The summed E-state index contributed by atoms with van der Waals surface area (Å²) in [5.41, 5.74) is 0.541. The Balaban J connectivity index is 1.38. The molecule has 0 spiro atoms. The lowest BCUT2D eigenvalue weighted by Gasteiger charge is -2.33. The number of furan rings is 1. The number of piperidine rings is 1. The van der Waals surface area contributed by atoms with Crippen molar-refractivity contribution >= 4 is 5.91 Å². The fourth-order valence-electron chi connectivity index (χ4n) is 3.69. The highest BCUT2D eigenvalue weighted by Crippen LogP contribution is 2.22. The zero-order valence-electron chi connectivity index (χ0n) is 14.7. The van der Waals surface area contributed by atoms with Gasteiger partial charge < -0.3 is 14.1 Å². The van der Waals surface area contributed by atoms with Gasteiger partial charge in [0.1, 0.15) is 11.8 Å². The first-order valence-corrected chi connectivity index (χ1v) is 9.23. The molecule has 26 heavy (non-hydrogen) atoms. The quantitative estimate of drug-likeness (QED) is 0.835. The molecule has 2 aromatic rings. The molecule has 2 aliphatic heterocycles. The van der Waals surface area contributed by atoms with E-state index in [4.69, 9.17) is 9.15 Å². The number of carbonyl (C=O) groups excluding carboxylic acids is 1. The molecule has 7 nitrogen and oxygen atoms in total. The van der Waals surface area contributed by atoms with Crippen molar-refractivity contribution in [3.63, 3.8) is 0 Å². The molecule has 0 unspecified atom stereocenters. The van der Waals surface area contributed by atoms with E-state index in [1.54, 1.807) is 18.4 Å². The molecule has 0 saturated carbocycles. The molecule has 2 saturated heterocycles. The van der Waals surface area contributed by atoms with E-state index >= 15 is 0 Å². The zero-order valence-corrected chi connectivity index (χ0v) is 14.7. The number of carbonyl (C=O) groups is 1. The first-order valence-electron chi connectivity index (χ1n) is 9.23. The van der Waals surface area contributed by atoms with Gasteiger partial charge in [-0.15, -0.1) is 0 Å². The fraction of sp³-hybridized carbons (Fsp3) is 0.526. The molecule has 0 bridgehead atoms. The van der Waals surface area contributed by atoms with Gasteiger partial charge in [-0.25, -0.2) is 4.68 Å². The Hall–Kier alpha value is -2.41. The van der Waals surface area contributed by atoms with Crippen molar-refractivity contribution in [1.82, 2.24) is 14.7 Å². The average Bonchev–Trinajstić information content (AvgIpc) is 3.38. The Labute approximate surface area is 151 Å². The predicted molar refractivity (Wildman–Crippen MR) is 94.5 cm³/mol. The van der Waals surface area contributed by atoms with Crippen LogP contribution in [-0.4, -0.2) is 46.4 Å². The molecule has 0 aromatic carbocycles. The standard InChI is InChI=1S/C19H23N3O4/c23-18-6-5-15(16-3-1-11-25-16)20-22(18)13-14-7-9-21(10-8-14)19(24)17-4-2-12-26-17/h1,3,5-6,11,14,17H,2,4,7-10,12-13H2/t17-/m1/s1. The number of aromatic nitrogens is 2. The van der Waals surface area contributed by atoms with Gasteiger partial charge in [-0.1, -0.05) is 0 Å². The molecule has 0 aliphatic carbocycles. The summed E-state index contributed by atoms with van der Waals surface area (Å²) in [7, 11) is 0. The van der Waals surface area contributed by atoms with Gasteiger partial charge in [0.05, 0.1) is 6.26 Å². The van der Waals surface area contributed by atoms with Crippen molar-refractivity contribution in [2.45, 2.75) is 38.3 Å². The average molecular weight is 357 g/mol. The topological polar surface area (TPSA) is 77.6 Å². The molecule has 1 amide bonds. The summed E-state index contributed by atoms with van der Waals surface area (Å²) in [4.78, 5) is 26.5. The normalized spacial score (nSPS) is 21.2. The van der Waals surface area contributed by atoms with Crippen molar-refractivity contribution < 1.29 is 13.9 Å². The second-order valence-corrected chi connectivity index (χ2v) is 6.99. The third kappa shape index (κ3) is 3.58. The van der Waals surface area contributed by atoms with Crippen LogP contribution in [0.1, 0.15) is 25.7 Å². The van der Waals surface area contributed by atoms with Gasteiger partial charge in [-0.3, -0.25) is 9.59 Å². The van der Waals surface area contributed by atoms with Crippen LogP contribution in [0, 0.1) is 5.92 Å². The van der Waals surface area contributed by atoms with Crippen molar-refractivity contribution in [2.24, 2.45) is 5.92 Å². The van der Waals surface area contributed by atoms with Gasteiger partial charge in [-0.05, 0) is 49.8 Å². The van der Waals surface area contributed by atoms with E-state index in [1.807, 2.05) is 11.0 Å². The first kappa shape index (κ1) is 17.0. The lowest BCUT2D eigenvalue weighted by Crippen LogP contribution is -2.44. The van der Waals surface area contributed by atoms with Crippen molar-refractivity contribution in [3.8, 4) is 11.5 Å². The maximum Gasteiger partial charge on any atom is 0.266 e. The number of likely N-dealkylation sites (tertiary alicyclic amines) is 1. The van der Waals surface area contributed by atoms with Crippen LogP contribution in [0.25, 0.3) is 11.5 Å². The summed E-state index contributed by atoms with van der Waals surface area (Å²) >= 11 is 0. The van der Waals surface area contributed by atoms with Crippen LogP contribution in [0.15, 0.2) is 39.7 Å². The second-order valence-electron chi connectivity index (χ2n) is 6.99. The molecule has 138 valence electrons. The molecular formula is C19H23N3O4. The van der Waals surface area contributed by atoms with Crippen molar-refractivity contribution in [2.75, 3.05) is 19.7 Å². The molecular weight excluding hydrogens is 334 g/mol. The summed E-state index contributed by atoms with van der Waals surface area (Å²) in [6.07, 6.45) is 4.88. The zero-order chi connectivity index (χ0) is 17.9. The maximum absolute atomic E-state index is 12.4. The predicted octanol–water partition coefficient (Wildman–Crippen LogP) is 1.92. The smallest absolute Gasteiger partial charge is 0.266 e. The summed E-state index contributed by atoms with van der Waals surface area (Å²) in [5.74, 6) is 1.10. The van der Waals surface area contributed by atoms with E-state index in [0.717, 1.165) is 38.8 Å². The lowest BCUT2D eigenvalue weighted by atomic mass is 9.96. The Bertz CT molecular complexity index is 800. The van der Waals surface area contributed by atoms with Gasteiger partial charge in [0.15, 0.2) is 5.76 Å². The van der Waals surface area contributed by atoms with E-state index in [2.05, 4.69) is 5.10 Å². The van der Waals surface area contributed by atoms with Crippen molar-refractivity contribution in [3.05, 3.63) is 40.9 Å². The van der Waals surface area contributed by atoms with E-state index in [9.17, 15) is 9.59 Å². The minimum Gasteiger partial charge on any atom is -0.463 e. The van der Waals surface area contributed by atoms with Crippen LogP contribution in [0.2, 0.25) is 0 Å². The van der Waals surface area contributed by atoms with Crippen molar-refractivity contribution in [1.29, 1.82) is 0 Å². The molecule has 2 fully saturated rings. The molecule has 2 aromatic heterocycles. The number of nitrogens with zero attached hydrogens (tertiary/aromatic N) is 3. The van der Waals surface area contributed by atoms with Crippen LogP contribution < -0.4 is 5.56 Å². The highest BCUT2D eigenvalue weighted by molar-refractivity contribution is 5.81. The molecule has 4 rings (SSSR count). The SMILES string of the molecule is O=C([C@H]1CCCO1)N1CCC(Cn2nc(-c3ccco3)ccc2=O)CC1. The van der Waals surface area contributed by atoms with Gasteiger partial charge >= 0.3 is 0 Å². The number of ether oxygens (including phenoxy) is 1. The summed E-state index contributed by atoms with van der Waals surface area (Å²) in [6.45, 7) is 2.69. The summed E-state index contributed by atoms with van der Waals surface area (Å²) < 4.78 is 12.4. The first-order chi connectivity index (χ1) is 12.7. The molecule has 0 N–H and O–H groups in total. The summed E-state index contributed by atoms with van der Waals surface area (Å²) in [6, 6.07) is 6.83. The maximum atomic E-state index is 12.4. The molecule has 2 aliphatic rings. The number of amides is 1. The highest BCUT2D eigenvalue weighted by Gasteiger charge is 2.31. The third-order valence-electron chi connectivity index (χ3n) is 5.20. The number of hydrogen-bond donors (Lipinski definition) is 0. The Morgan fingerprint density at radius 1 is 1.19 bits per heavy atom. The lowest BCUT2D eigenvalue weighted by molar-refractivity contribution is -0.142. The molecule has 7 heteroatoms. The van der Waals surface area contributed by atoms with Crippen LogP contribution >= 0.6 is 0 Å². The van der Waals surface area contributed by atoms with Crippen LogP contribution in [0.4, 0.5) is 0 Å². The van der Waals surface area contributed by atoms with Crippen LogP contribution in [-0.2, 0) is 16.1 Å². The Morgan fingerprint density at radius 3 is 2.73 bits per heavy atom. The van der Waals surface area contributed by atoms with E-state index in [0.29, 0.717) is 30.5 Å². The van der Waals surface area contributed by atoms with Crippen LogP contribution in [0.5, 0.6) is 0 Å². The minimum atomic E-state index is -0.249. The number of hydrogen-bond acceptors (Lipinski definition) is 5. The van der Waals surface area contributed by atoms with E-state index in [1.165, 1.54) is 10.7 Å². The van der Waals surface area contributed by atoms with Gasteiger partial charge in [-0.2, -0.15) is 5.10 Å². The molecule has 1 atom stereocenters. The van der Waals surface area contributed by atoms with E-state index in [-0.39, 0.29) is 17.6 Å². The Morgan fingerprint density at radius 2 is 2.04 bits per heavy atom. The monoisotopic (exact) mass is 357 g/mol. The molecule has 4 heterocycles. The van der Waals surface area contributed by atoms with Gasteiger partial charge in [0.25, 0.3) is 11.5 Å². The highest BCUT2D eigenvalue weighted by atomic mass is 16.5. The van der Waals surface area contributed by atoms with Gasteiger partial charge in [0.2, 0.25) is 0 Å². The second kappa shape index (κ2) is 7.45. The minimum absolute atomic E-state index is 0.113.